The van der Waals surface area contributed by atoms with Crippen molar-refractivity contribution in [2.45, 2.75) is 77.1 Å². The Morgan fingerprint density at radius 2 is 1.79 bits per heavy atom. The standard InChI is InChI=1S/C23H37NO4/c1-22-11-19(26)21-16(17(22)7-5-15(22)13-24)6-4-14-10-18(25)20(12-23(14,21)2)28-9-8-27-3/h14-21,25-26H,4-12H2,1-3H3/t14?,15-,16+,17?,18+,19+,20+,21?,22-,23+/m1/s1. The smallest absolute Gasteiger partial charge is 0.0840 e. The van der Waals surface area contributed by atoms with E-state index in [2.05, 4.69) is 19.9 Å². The number of nitriles is 1. The van der Waals surface area contributed by atoms with Crippen LogP contribution in [0, 0.1) is 51.8 Å². The van der Waals surface area contributed by atoms with Crippen molar-refractivity contribution in [1.82, 2.24) is 0 Å². The third-order valence-electron chi connectivity index (χ3n) is 9.37. The first-order valence-electron chi connectivity index (χ1n) is 11.2. The summed E-state index contributed by atoms with van der Waals surface area (Å²) in [7, 11) is 1.66. The Balaban J connectivity index is 1.59. The van der Waals surface area contributed by atoms with Crippen molar-refractivity contribution in [3.05, 3.63) is 0 Å². The lowest BCUT2D eigenvalue weighted by molar-refractivity contribution is -0.203. The second-order valence-corrected chi connectivity index (χ2v) is 10.5. The van der Waals surface area contributed by atoms with Crippen LogP contribution in [0.5, 0.6) is 0 Å². The van der Waals surface area contributed by atoms with E-state index in [1.54, 1.807) is 7.11 Å². The molecule has 4 fully saturated rings. The van der Waals surface area contributed by atoms with Gasteiger partial charge in [-0.1, -0.05) is 13.8 Å². The van der Waals surface area contributed by atoms with Crippen LogP contribution in [0.3, 0.4) is 0 Å². The largest absolute Gasteiger partial charge is 0.393 e. The van der Waals surface area contributed by atoms with Crippen LogP contribution >= 0.6 is 0 Å². The topological polar surface area (TPSA) is 82.7 Å². The van der Waals surface area contributed by atoms with Crippen LogP contribution in [0.25, 0.3) is 0 Å². The number of hydrogen-bond donors (Lipinski definition) is 2. The fourth-order valence-corrected chi connectivity index (χ4v) is 8.05. The van der Waals surface area contributed by atoms with E-state index in [-0.39, 0.29) is 34.9 Å². The van der Waals surface area contributed by atoms with Crippen molar-refractivity contribution in [3.63, 3.8) is 0 Å². The van der Waals surface area contributed by atoms with Crippen molar-refractivity contribution in [1.29, 1.82) is 5.26 Å². The van der Waals surface area contributed by atoms with Crippen molar-refractivity contribution in [2.24, 2.45) is 40.4 Å². The molecule has 0 spiro atoms. The highest BCUT2D eigenvalue weighted by Gasteiger charge is 2.64. The maximum Gasteiger partial charge on any atom is 0.0840 e. The molecule has 0 heterocycles. The molecule has 4 aliphatic carbocycles. The number of rotatable bonds is 4. The van der Waals surface area contributed by atoms with Gasteiger partial charge in [0.25, 0.3) is 0 Å². The molecule has 28 heavy (non-hydrogen) atoms. The second-order valence-electron chi connectivity index (χ2n) is 10.5. The first-order valence-corrected chi connectivity index (χ1v) is 11.2. The summed E-state index contributed by atoms with van der Waals surface area (Å²) in [5, 5.41) is 31.7. The van der Waals surface area contributed by atoms with Gasteiger partial charge in [0.2, 0.25) is 0 Å². The minimum Gasteiger partial charge on any atom is -0.393 e. The van der Waals surface area contributed by atoms with E-state index in [9.17, 15) is 15.5 Å². The molecule has 4 rings (SSSR count). The maximum atomic E-state index is 11.4. The molecule has 5 heteroatoms. The molecule has 10 atom stereocenters. The van der Waals surface area contributed by atoms with Gasteiger partial charge in [0.1, 0.15) is 0 Å². The van der Waals surface area contributed by atoms with Gasteiger partial charge < -0.3 is 19.7 Å². The fourth-order valence-electron chi connectivity index (χ4n) is 8.05. The third kappa shape index (κ3) is 3.03. The van der Waals surface area contributed by atoms with Gasteiger partial charge in [-0.3, -0.25) is 0 Å². The van der Waals surface area contributed by atoms with Crippen molar-refractivity contribution in [2.75, 3.05) is 20.3 Å². The number of methoxy groups -OCH3 is 1. The van der Waals surface area contributed by atoms with Crippen molar-refractivity contribution < 1.29 is 19.7 Å². The predicted molar refractivity (Wildman–Crippen MR) is 105 cm³/mol. The van der Waals surface area contributed by atoms with Gasteiger partial charge in [-0.2, -0.15) is 5.26 Å². The van der Waals surface area contributed by atoms with Crippen LogP contribution in [-0.2, 0) is 9.47 Å². The molecular weight excluding hydrogens is 354 g/mol. The third-order valence-corrected chi connectivity index (χ3v) is 9.37. The van der Waals surface area contributed by atoms with Gasteiger partial charge in [0, 0.05) is 7.11 Å². The SMILES string of the molecule is COCCO[C@H]1C[C@@]2(C)C(CC[C@@H]3C2[C@@H](O)C[C@@]2(C)C3CC[C@@H]2C#N)C[C@@H]1O. The Hall–Kier alpha value is -0.670. The zero-order valence-corrected chi connectivity index (χ0v) is 17.6. The zero-order valence-electron chi connectivity index (χ0n) is 17.6. The monoisotopic (exact) mass is 391 g/mol. The Kier molecular flexibility index (Phi) is 5.55. The molecular formula is C23H37NO4. The van der Waals surface area contributed by atoms with Crippen LogP contribution in [0.4, 0.5) is 0 Å². The van der Waals surface area contributed by atoms with Crippen LogP contribution < -0.4 is 0 Å². The molecule has 4 aliphatic rings. The summed E-state index contributed by atoms with van der Waals surface area (Å²) in [6, 6.07) is 2.55. The van der Waals surface area contributed by atoms with E-state index in [1.807, 2.05) is 0 Å². The number of aliphatic hydroxyl groups is 2. The minimum absolute atomic E-state index is 0.00857. The van der Waals surface area contributed by atoms with Crippen LogP contribution in [0.2, 0.25) is 0 Å². The average molecular weight is 392 g/mol. The summed E-state index contributed by atoms with van der Waals surface area (Å²) >= 11 is 0. The molecule has 0 aliphatic heterocycles. The molecule has 158 valence electrons. The van der Waals surface area contributed by atoms with Crippen LogP contribution in [0.15, 0.2) is 0 Å². The van der Waals surface area contributed by atoms with Crippen molar-refractivity contribution in [3.8, 4) is 6.07 Å². The first-order chi connectivity index (χ1) is 13.3. The molecule has 0 aromatic heterocycles. The van der Waals surface area contributed by atoms with E-state index >= 15 is 0 Å². The van der Waals surface area contributed by atoms with Gasteiger partial charge in [-0.05, 0) is 79.4 Å². The quantitative estimate of drug-likeness (QED) is 0.720. The Bertz CT molecular complexity index is 620. The zero-order chi connectivity index (χ0) is 20.1. The fraction of sp³-hybridized carbons (Fsp3) is 0.957. The van der Waals surface area contributed by atoms with Gasteiger partial charge >= 0.3 is 0 Å². The first kappa shape index (κ1) is 20.6. The van der Waals surface area contributed by atoms with E-state index in [4.69, 9.17) is 9.47 Å². The predicted octanol–water partition coefficient (Wildman–Crippen LogP) is 3.14. The van der Waals surface area contributed by atoms with E-state index in [1.165, 1.54) is 0 Å². The maximum absolute atomic E-state index is 11.4. The van der Waals surface area contributed by atoms with E-state index in [0.29, 0.717) is 31.0 Å². The second kappa shape index (κ2) is 7.54. The summed E-state index contributed by atoms with van der Waals surface area (Å²) in [6.07, 6.45) is 5.73. The Morgan fingerprint density at radius 3 is 2.50 bits per heavy atom. The van der Waals surface area contributed by atoms with Gasteiger partial charge in [-0.25, -0.2) is 0 Å². The molecule has 0 saturated heterocycles. The highest BCUT2D eigenvalue weighted by molar-refractivity contribution is 5.15. The Labute approximate surface area is 169 Å². The summed E-state index contributed by atoms with van der Waals surface area (Å²) in [5.74, 6) is 1.81. The normalized spacial score (nSPS) is 53.0. The average Bonchev–Trinajstić information content (AvgIpc) is 2.98. The number of ether oxygens (including phenoxy) is 2. The highest BCUT2D eigenvalue weighted by Crippen LogP contribution is 2.67. The number of nitrogens with zero attached hydrogens (tertiary/aromatic N) is 1. The molecule has 2 N–H and O–H groups in total. The van der Waals surface area contributed by atoms with Crippen LogP contribution in [-0.4, -0.2) is 48.8 Å². The molecule has 0 bridgehead atoms. The molecule has 0 aromatic rings. The summed E-state index contributed by atoms with van der Waals surface area (Å²) in [4.78, 5) is 0. The Morgan fingerprint density at radius 1 is 1.00 bits per heavy atom. The number of fused-ring (bicyclic) bond motifs is 5. The van der Waals surface area contributed by atoms with Gasteiger partial charge in [0.15, 0.2) is 0 Å². The summed E-state index contributed by atoms with van der Waals surface area (Å²) < 4.78 is 11.1. The molecule has 5 nitrogen and oxygen atoms in total. The lowest BCUT2D eigenvalue weighted by atomic mass is 9.43. The molecule has 0 radical (unpaired) electrons. The van der Waals surface area contributed by atoms with E-state index < -0.39 is 6.10 Å². The lowest BCUT2D eigenvalue weighted by Crippen LogP contribution is -2.61. The molecule has 4 saturated carbocycles. The molecule has 0 amide bonds. The van der Waals surface area contributed by atoms with Gasteiger partial charge in [0.05, 0.1) is 43.5 Å². The molecule has 3 unspecified atom stereocenters. The van der Waals surface area contributed by atoms with E-state index in [0.717, 1.165) is 44.9 Å². The lowest BCUT2D eigenvalue weighted by Gasteiger charge is -2.62. The highest BCUT2D eigenvalue weighted by atomic mass is 16.5. The summed E-state index contributed by atoms with van der Waals surface area (Å²) in [6.45, 7) is 5.64. The van der Waals surface area contributed by atoms with Gasteiger partial charge in [-0.15, -0.1) is 0 Å². The summed E-state index contributed by atoms with van der Waals surface area (Å²) in [5.41, 5.74) is -0.0492. The van der Waals surface area contributed by atoms with Crippen molar-refractivity contribution >= 4 is 0 Å². The minimum atomic E-state index is -0.424. The molecule has 0 aromatic carbocycles. The van der Waals surface area contributed by atoms with Crippen LogP contribution in [0.1, 0.15) is 58.8 Å². The number of hydrogen-bond acceptors (Lipinski definition) is 5. The number of aliphatic hydroxyl groups excluding tert-OH is 2.